The number of benzene rings is 3. The number of ether oxygens (including phenoxy) is 2. The van der Waals surface area contributed by atoms with Crippen LogP contribution in [-0.4, -0.2) is 25.2 Å². The predicted octanol–water partition coefficient (Wildman–Crippen LogP) is 5.20. The third kappa shape index (κ3) is 5.25. The summed E-state index contributed by atoms with van der Waals surface area (Å²) in [5, 5.41) is 3.66. The lowest BCUT2D eigenvalue weighted by Crippen LogP contribution is -2.40. The molecule has 1 N–H and O–H groups in total. The van der Waals surface area contributed by atoms with Crippen molar-refractivity contribution in [2.75, 3.05) is 13.2 Å². The Balaban J connectivity index is 1.26. The van der Waals surface area contributed by atoms with E-state index < -0.39 is 0 Å². The molecule has 0 bridgehead atoms. The summed E-state index contributed by atoms with van der Waals surface area (Å²) in [6.45, 7) is 0.805. The van der Waals surface area contributed by atoms with Crippen molar-refractivity contribution < 1.29 is 14.3 Å². The van der Waals surface area contributed by atoms with Gasteiger partial charge in [-0.3, -0.25) is 4.79 Å². The first-order valence-corrected chi connectivity index (χ1v) is 10.7. The van der Waals surface area contributed by atoms with Crippen LogP contribution in [0.25, 0.3) is 0 Å². The van der Waals surface area contributed by atoms with Gasteiger partial charge in [-0.15, -0.1) is 11.8 Å². The molecule has 1 heterocycles. The lowest BCUT2D eigenvalue weighted by Gasteiger charge is -2.26. The number of nitrogens with one attached hydrogen (secondary N) is 1. The second-order valence-corrected chi connectivity index (χ2v) is 8.13. The Labute approximate surface area is 179 Å². The van der Waals surface area contributed by atoms with E-state index in [1.165, 1.54) is 0 Å². The summed E-state index contributed by atoms with van der Waals surface area (Å²) in [5.41, 5.74) is 1.78. The van der Waals surface area contributed by atoms with Crippen LogP contribution in [0.5, 0.6) is 11.5 Å². The summed E-state index contributed by atoms with van der Waals surface area (Å²) in [4.78, 5) is 13.6. The fourth-order valence-corrected chi connectivity index (χ4v) is 3.90. The van der Waals surface area contributed by atoms with Gasteiger partial charge in [-0.2, -0.15) is 0 Å². The molecule has 0 radical (unpaired) electrons. The Morgan fingerprint density at radius 1 is 1.00 bits per heavy atom. The molecule has 1 aliphatic rings. The molecule has 3 aromatic carbocycles. The SMILES string of the molecule is O=C(NC[C@@H]1COc2ccccc2O1)c1ccc(CSc2ccc(Cl)cc2)cc1. The van der Waals surface area contributed by atoms with E-state index in [9.17, 15) is 4.79 Å². The summed E-state index contributed by atoms with van der Waals surface area (Å²) < 4.78 is 11.5. The van der Waals surface area contributed by atoms with E-state index in [0.717, 1.165) is 27.0 Å². The molecular formula is C23H20ClNO3S. The highest BCUT2D eigenvalue weighted by Crippen LogP contribution is 2.30. The standard InChI is InChI=1S/C23H20ClNO3S/c24-18-9-11-20(12-10-18)29-15-16-5-7-17(8-6-16)23(26)25-13-19-14-27-21-3-1-2-4-22(21)28-19/h1-12,19H,13-15H2,(H,25,26)/t19-/m1/s1. The highest BCUT2D eigenvalue weighted by Gasteiger charge is 2.21. The number of carbonyl (C=O) groups excluding carboxylic acids is 1. The number of amides is 1. The number of carbonyl (C=O) groups is 1. The largest absolute Gasteiger partial charge is 0.486 e. The number of hydrogen-bond donors (Lipinski definition) is 1. The third-order valence-corrected chi connectivity index (χ3v) is 5.83. The highest BCUT2D eigenvalue weighted by atomic mass is 35.5. The van der Waals surface area contributed by atoms with Gasteiger partial charge in [-0.05, 0) is 54.1 Å². The van der Waals surface area contributed by atoms with Gasteiger partial charge in [-0.25, -0.2) is 0 Å². The molecule has 148 valence electrons. The number of hydrogen-bond acceptors (Lipinski definition) is 4. The van der Waals surface area contributed by atoms with E-state index in [4.69, 9.17) is 21.1 Å². The quantitative estimate of drug-likeness (QED) is 0.551. The van der Waals surface area contributed by atoms with Crippen molar-refractivity contribution in [3.8, 4) is 11.5 Å². The maximum atomic E-state index is 12.4. The minimum Gasteiger partial charge on any atom is -0.486 e. The maximum absolute atomic E-state index is 12.4. The van der Waals surface area contributed by atoms with Gasteiger partial charge in [0, 0.05) is 21.2 Å². The van der Waals surface area contributed by atoms with Gasteiger partial charge >= 0.3 is 0 Å². The Bertz CT molecular complexity index is 976. The van der Waals surface area contributed by atoms with Gasteiger partial charge < -0.3 is 14.8 Å². The molecule has 29 heavy (non-hydrogen) atoms. The number of thioether (sulfide) groups is 1. The van der Waals surface area contributed by atoms with E-state index in [1.807, 2.05) is 72.8 Å². The molecule has 1 atom stereocenters. The molecule has 4 rings (SSSR count). The zero-order valence-corrected chi connectivity index (χ0v) is 17.2. The van der Waals surface area contributed by atoms with Gasteiger partial charge in [0.1, 0.15) is 12.7 Å². The molecule has 0 saturated carbocycles. The van der Waals surface area contributed by atoms with Gasteiger partial charge in [0.2, 0.25) is 0 Å². The van der Waals surface area contributed by atoms with Crippen molar-refractivity contribution in [1.29, 1.82) is 0 Å². The third-order valence-electron chi connectivity index (χ3n) is 4.49. The Kier molecular flexibility index (Phi) is 6.27. The average Bonchev–Trinajstić information content (AvgIpc) is 2.77. The van der Waals surface area contributed by atoms with Crippen molar-refractivity contribution in [2.24, 2.45) is 0 Å². The summed E-state index contributed by atoms with van der Waals surface area (Å²) in [7, 11) is 0. The van der Waals surface area contributed by atoms with Crippen molar-refractivity contribution in [1.82, 2.24) is 5.32 Å². The first-order valence-electron chi connectivity index (χ1n) is 9.31. The molecule has 0 saturated heterocycles. The van der Waals surface area contributed by atoms with Crippen LogP contribution in [0.1, 0.15) is 15.9 Å². The summed E-state index contributed by atoms with van der Waals surface area (Å²) >= 11 is 7.64. The molecule has 0 aromatic heterocycles. The van der Waals surface area contributed by atoms with Gasteiger partial charge in [0.05, 0.1) is 6.54 Å². The molecule has 1 aliphatic heterocycles. The molecule has 0 unspecified atom stereocenters. The fraction of sp³-hybridized carbons (Fsp3) is 0.174. The van der Waals surface area contributed by atoms with Crippen LogP contribution in [0.15, 0.2) is 77.7 Å². The van der Waals surface area contributed by atoms with Crippen LogP contribution in [-0.2, 0) is 5.75 Å². The lowest BCUT2D eigenvalue weighted by atomic mass is 10.1. The van der Waals surface area contributed by atoms with Crippen LogP contribution in [0, 0.1) is 0 Å². The number of halogens is 1. The molecule has 6 heteroatoms. The summed E-state index contributed by atoms with van der Waals surface area (Å²) in [6.07, 6.45) is -0.205. The van der Waals surface area contributed by atoms with E-state index >= 15 is 0 Å². The predicted molar refractivity (Wildman–Crippen MR) is 116 cm³/mol. The molecular weight excluding hydrogens is 406 g/mol. The summed E-state index contributed by atoms with van der Waals surface area (Å²) in [5.74, 6) is 2.16. The second-order valence-electron chi connectivity index (χ2n) is 6.65. The maximum Gasteiger partial charge on any atom is 0.251 e. The monoisotopic (exact) mass is 425 g/mol. The minimum absolute atomic E-state index is 0.121. The number of rotatable bonds is 6. The molecule has 0 aliphatic carbocycles. The van der Waals surface area contributed by atoms with Gasteiger partial charge in [0.15, 0.2) is 11.5 Å². The zero-order chi connectivity index (χ0) is 20.1. The smallest absolute Gasteiger partial charge is 0.251 e. The minimum atomic E-state index is -0.205. The fourth-order valence-electron chi connectivity index (χ4n) is 2.92. The normalized spacial score (nSPS) is 15.0. The van der Waals surface area contributed by atoms with Crippen molar-refractivity contribution in [3.63, 3.8) is 0 Å². The van der Waals surface area contributed by atoms with Crippen molar-refractivity contribution in [3.05, 3.63) is 88.9 Å². The first-order chi connectivity index (χ1) is 14.2. The first kappa shape index (κ1) is 19.7. The molecule has 0 spiro atoms. The van der Waals surface area contributed by atoms with E-state index in [0.29, 0.717) is 24.5 Å². The Hall–Kier alpha value is -2.63. The van der Waals surface area contributed by atoms with Gasteiger partial charge in [-0.1, -0.05) is 35.9 Å². The zero-order valence-electron chi connectivity index (χ0n) is 15.6. The van der Waals surface area contributed by atoms with Crippen LogP contribution in [0.3, 0.4) is 0 Å². The number of fused-ring (bicyclic) bond motifs is 1. The molecule has 1 amide bonds. The van der Waals surface area contributed by atoms with E-state index in [-0.39, 0.29) is 12.0 Å². The van der Waals surface area contributed by atoms with Crippen molar-refractivity contribution >= 4 is 29.3 Å². The highest BCUT2D eigenvalue weighted by molar-refractivity contribution is 7.98. The Morgan fingerprint density at radius 3 is 2.48 bits per heavy atom. The van der Waals surface area contributed by atoms with Crippen LogP contribution < -0.4 is 14.8 Å². The van der Waals surface area contributed by atoms with E-state index in [2.05, 4.69) is 5.32 Å². The van der Waals surface area contributed by atoms with Crippen LogP contribution >= 0.6 is 23.4 Å². The van der Waals surface area contributed by atoms with Crippen LogP contribution in [0.4, 0.5) is 0 Å². The molecule has 4 nitrogen and oxygen atoms in total. The van der Waals surface area contributed by atoms with Gasteiger partial charge in [0.25, 0.3) is 5.91 Å². The topological polar surface area (TPSA) is 47.6 Å². The molecule has 0 fully saturated rings. The van der Waals surface area contributed by atoms with Crippen molar-refractivity contribution in [2.45, 2.75) is 16.8 Å². The number of para-hydroxylation sites is 2. The molecule has 3 aromatic rings. The van der Waals surface area contributed by atoms with E-state index in [1.54, 1.807) is 11.8 Å². The summed E-state index contributed by atoms with van der Waals surface area (Å²) in [6, 6.07) is 23.0. The lowest BCUT2D eigenvalue weighted by molar-refractivity contribution is 0.0789. The van der Waals surface area contributed by atoms with Crippen LogP contribution in [0.2, 0.25) is 5.02 Å². The second kappa shape index (κ2) is 9.25. The average molecular weight is 426 g/mol. The Morgan fingerprint density at radius 2 is 1.72 bits per heavy atom.